The van der Waals surface area contributed by atoms with Crippen molar-refractivity contribution in [3.05, 3.63) is 60.0 Å². The molecule has 222 valence electrons. The van der Waals surface area contributed by atoms with E-state index in [1.54, 1.807) is 42.6 Å². The van der Waals surface area contributed by atoms with Crippen LogP contribution in [0.5, 0.6) is 5.75 Å². The molecule has 42 heavy (non-hydrogen) atoms. The van der Waals surface area contributed by atoms with E-state index in [-0.39, 0.29) is 30.1 Å². The Morgan fingerprint density at radius 3 is 2.76 bits per heavy atom. The zero-order valence-corrected chi connectivity index (χ0v) is 24.1. The molecule has 3 heterocycles. The first-order valence-corrected chi connectivity index (χ1v) is 14.8. The van der Waals surface area contributed by atoms with Gasteiger partial charge in [-0.3, -0.25) is 0 Å². The Morgan fingerprint density at radius 2 is 2.05 bits per heavy atom. The van der Waals surface area contributed by atoms with Crippen LogP contribution in [-0.2, 0) is 15.6 Å². The minimum atomic E-state index is -2.86. The lowest BCUT2D eigenvalue weighted by Gasteiger charge is -2.35. The fourth-order valence-corrected chi connectivity index (χ4v) is 5.30. The van der Waals surface area contributed by atoms with E-state index in [4.69, 9.17) is 25.2 Å². The van der Waals surface area contributed by atoms with Gasteiger partial charge in [-0.2, -0.15) is 0 Å². The summed E-state index contributed by atoms with van der Waals surface area (Å²) in [5.41, 5.74) is 7.49. The Morgan fingerprint density at radius 1 is 1.21 bits per heavy atom. The van der Waals surface area contributed by atoms with Gasteiger partial charge in [-0.15, -0.1) is 0 Å². The Balaban J connectivity index is 1.68. The molecule has 0 aliphatic carbocycles. The van der Waals surface area contributed by atoms with Gasteiger partial charge in [0.1, 0.15) is 34.9 Å². The highest BCUT2D eigenvalue weighted by atomic mass is 32.2. The van der Waals surface area contributed by atoms with Gasteiger partial charge in [-0.1, -0.05) is 18.2 Å². The van der Waals surface area contributed by atoms with Crippen molar-refractivity contribution in [3.8, 4) is 28.3 Å². The molecule has 13 heteroatoms. The first-order chi connectivity index (χ1) is 20.3. The Bertz CT molecular complexity index is 1650. The maximum absolute atomic E-state index is 15.9. The summed E-state index contributed by atoms with van der Waals surface area (Å²) in [7, 11) is -2.86. The van der Waals surface area contributed by atoms with Crippen molar-refractivity contribution in [1.82, 2.24) is 19.7 Å². The molecule has 1 aliphatic heterocycles. The molecule has 1 saturated heterocycles. The molecule has 0 spiro atoms. The van der Waals surface area contributed by atoms with Gasteiger partial charge in [0.25, 0.3) is 0 Å². The second kappa shape index (κ2) is 12.9. The van der Waals surface area contributed by atoms with Crippen LogP contribution in [-0.4, -0.2) is 62.3 Å². The summed E-state index contributed by atoms with van der Waals surface area (Å²) >= 11 is 0. The van der Waals surface area contributed by atoms with Gasteiger partial charge in [0.05, 0.1) is 25.9 Å². The number of aromatic nitrogens is 3. The number of morpholine rings is 1. The third-order valence-electron chi connectivity index (χ3n) is 7.05. The van der Waals surface area contributed by atoms with E-state index in [0.29, 0.717) is 71.6 Å². The molecular formula is C29H32F2N6O4S. The Labute approximate surface area is 244 Å². The van der Waals surface area contributed by atoms with Gasteiger partial charge < -0.3 is 20.1 Å². The van der Waals surface area contributed by atoms with Gasteiger partial charge in [0.15, 0.2) is 5.82 Å². The highest BCUT2D eigenvalue weighted by Gasteiger charge is 2.26. The van der Waals surface area contributed by atoms with Crippen molar-refractivity contribution in [2.75, 3.05) is 43.5 Å². The van der Waals surface area contributed by atoms with E-state index in [1.807, 2.05) is 13.8 Å². The zero-order valence-electron chi connectivity index (χ0n) is 23.2. The minimum absolute atomic E-state index is 0.00122. The fraction of sp³-hybridized carbons (Fsp3) is 0.345. The molecule has 2 aromatic carbocycles. The van der Waals surface area contributed by atoms with Crippen LogP contribution < -0.4 is 20.1 Å². The summed E-state index contributed by atoms with van der Waals surface area (Å²) in [5.74, 6) is 1.12. The lowest BCUT2D eigenvalue weighted by molar-refractivity contribution is 0.0987. The molecule has 2 aromatic heterocycles. The summed E-state index contributed by atoms with van der Waals surface area (Å²) in [6.45, 7) is 5.66. The van der Waals surface area contributed by atoms with Gasteiger partial charge in [0.2, 0.25) is 10.9 Å². The average Bonchev–Trinajstić information content (AvgIpc) is 2.97. The number of nitrogens with two attached hydrogens (primary N) is 1. The number of alkyl halides is 1. The molecule has 0 bridgehead atoms. The number of ether oxygens (including phenoxy) is 2. The maximum Gasteiger partial charge on any atom is 0.201 e. The van der Waals surface area contributed by atoms with E-state index in [2.05, 4.69) is 14.6 Å². The Hall–Kier alpha value is -3.94. The van der Waals surface area contributed by atoms with Gasteiger partial charge in [-0.05, 0) is 50.1 Å². The highest BCUT2D eigenvalue weighted by molar-refractivity contribution is 7.70. The summed E-state index contributed by atoms with van der Waals surface area (Å²) in [6, 6.07) is 11.5. The number of rotatable bonds is 10. The van der Waals surface area contributed by atoms with Crippen molar-refractivity contribution < 1.29 is 26.7 Å². The molecule has 0 radical (unpaired) electrons. The van der Waals surface area contributed by atoms with Crippen LogP contribution in [0.1, 0.15) is 32.0 Å². The van der Waals surface area contributed by atoms with Crippen LogP contribution in [0, 0.1) is 5.82 Å². The monoisotopic (exact) mass is 598 g/mol. The Kier molecular flexibility index (Phi) is 9.09. The number of pyridine rings is 1. The molecule has 1 aliphatic rings. The second-order valence-corrected chi connectivity index (χ2v) is 10.7. The van der Waals surface area contributed by atoms with E-state index in [9.17, 15) is 8.42 Å². The largest absolute Gasteiger partial charge is 0.492 e. The number of nitrogens with zero attached hydrogens (tertiary/aromatic N) is 4. The lowest BCUT2D eigenvalue weighted by Crippen LogP contribution is -2.44. The SMILES string of the molecule is CCOc1cc(-c2cccc(C(F)CCN[SH](=O)=O)c2F)cc2c(N3CCOCC3C)nc(-c3ccc(N)nc3)nc12. The highest BCUT2D eigenvalue weighted by Crippen LogP contribution is 2.40. The topological polar surface area (TPSA) is 133 Å². The van der Waals surface area contributed by atoms with Crippen LogP contribution in [0.3, 0.4) is 0 Å². The normalized spacial score (nSPS) is 16.2. The van der Waals surface area contributed by atoms with Gasteiger partial charge in [0, 0.05) is 41.4 Å². The van der Waals surface area contributed by atoms with Crippen molar-refractivity contribution in [2.24, 2.45) is 0 Å². The number of nitrogen functional groups attached to an aromatic ring is 1. The number of thiol groups is 1. The van der Waals surface area contributed by atoms with Crippen molar-refractivity contribution in [3.63, 3.8) is 0 Å². The molecule has 5 rings (SSSR count). The van der Waals surface area contributed by atoms with E-state index in [1.165, 1.54) is 6.07 Å². The minimum Gasteiger partial charge on any atom is -0.492 e. The zero-order chi connectivity index (χ0) is 29.8. The summed E-state index contributed by atoms with van der Waals surface area (Å²) in [5, 5.41) is 0.641. The van der Waals surface area contributed by atoms with E-state index < -0.39 is 22.9 Å². The molecule has 2 atom stereocenters. The summed E-state index contributed by atoms with van der Waals surface area (Å²) in [4.78, 5) is 16.1. The number of hydrogen-bond donors (Lipinski definition) is 3. The van der Waals surface area contributed by atoms with E-state index >= 15 is 8.78 Å². The van der Waals surface area contributed by atoms with Crippen LogP contribution in [0.4, 0.5) is 20.4 Å². The van der Waals surface area contributed by atoms with Crippen LogP contribution in [0.2, 0.25) is 0 Å². The van der Waals surface area contributed by atoms with Crippen LogP contribution in [0.25, 0.3) is 33.4 Å². The molecule has 2 unspecified atom stereocenters. The summed E-state index contributed by atoms with van der Waals surface area (Å²) < 4.78 is 66.3. The predicted octanol–water partition coefficient (Wildman–Crippen LogP) is 4.22. The maximum atomic E-state index is 15.9. The van der Waals surface area contributed by atoms with Crippen molar-refractivity contribution in [2.45, 2.75) is 32.5 Å². The molecule has 0 saturated carbocycles. The molecular weight excluding hydrogens is 566 g/mol. The molecule has 3 N–H and O–H groups in total. The molecule has 1 fully saturated rings. The predicted molar refractivity (Wildman–Crippen MR) is 158 cm³/mol. The number of fused-ring (bicyclic) bond motifs is 1. The van der Waals surface area contributed by atoms with Gasteiger partial charge in [-0.25, -0.2) is 36.9 Å². The second-order valence-electron chi connectivity index (χ2n) is 9.89. The van der Waals surface area contributed by atoms with Crippen LogP contribution >= 0.6 is 0 Å². The lowest BCUT2D eigenvalue weighted by atomic mass is 9.97. The molecule has 0 amide bonds. The number of halogens is 2. The molecule has 4 aromatic rings. The quantitative estimate of drug-likeness (QED) is 0.230. The first-order valence-electron chi connectivity index (χ1n) is 13.6. The average molecular weight is 599 g/mol. The summed E-state index contributed by atoms with van der Waals surface area (Å²) in [6.07, 6.45) is -0.304. The number of benzene rings is 2. The third kappa shape index (κ3) is 6.27. The number of nitrogens with one attached hydrogen (secondary N) is 1. The van der Waals surface area contributed by atoms with Crippen LogP contribution in [0.15, 0.2) is 48.7 Å². The first kappa shape index (κ1) is 29.5. The van der Waals surface area contributed by atoms with E-state index in [0.717, 1.165) is 0 Å². The standard InChI is InChI=1S/C29H32F2N6O4S/c1-3-41-24-14-19(20-5-4-6-21(26(20)31)23(30)9-10-34-42(38)39)13-22-27(24)35-28(18-7-8-25(32)33-15-18)36-29(22)37-11-12-40-16-17(37)2/h4-8,13-15,17,23,42H,3,9-12,16H2,1-2H3,(H2,32,33)(H,34,38,39). The number of anilines is 2. The van der Waals surface area contributed by atoms with Gasteiger partial charge >= 0.3 is 0 Å². The van der Waals surface area contributed by atoms with Crippen molar-refractivity contribution in [1.29, 1.82) is 0 Å². The smallest absolute Gasteiger partial charge is 0.201 e. The fourth-order valence-electron chi connectivity index (χ4n) is 4.99. The molecule has 10 nitrogen and oxygen atoms in total. The van der Waals surface area contributed by atoms with Crippen molar-refractivity contribution >= 4 is 33.4 Å². The number of hydrogen-bond acceptors (Lipinski definition) is 9. The third-order valence-corrected chi connectivity index (χ3v) is 7.53.